The number of ether oxygens (including phenoxy) is 4. The molecular formula is C13H26O5. The lowest BCUT2D eigenvalue weighted by Crippen LogP contribution is -2.27. The zero-order valence-electron chi connectivity index (χ0n) is 12.1. The highest BCUT2D eigenvalue weighted by Gasteiger charge is 2.10. The van der Waals surface area contributed by atoms with Crippen LogP contribution in [0.3, 0.4) is 0 Å². The molecule has 0 aliphatic rings. The third kappa shape index (κ3) is 10.5. The Kier molecular flexibility index (Phi) is 9.92. The monoisotopic (exact) mass is 262 g/mol. The predicted octanol–water partition coefficient (Wildman–Crippen LogP) is 1.78. The number of rotatable bonds is 10. The first-order valence-electron chi connectivity index (χ1n) is 6.43. The summed E-state index contributed by atoms with van der Waals surface area (Å²) >= 11 is 0. The van der Waals surface area contributed by atoms with Crippen molar-refractivity contribution < 1.29 is 23.7 Å². The fourth-order valence-corrected chi connectivity index (χ4v) is 1.30. The van der Waals surface area contributed by atoms with Gasteiger partial charge in [0.25, 0.3) is 0 Å². The molecule has 0 rings (SSSR count). The molecule has 0 N–H and O–H groups in total. The van der Waals surface area contributed by atoms with Crippen LogP contribution >= 0.6 is 0 Å². The third-order valence-electron chi connectivity index (χ3n) is 2.15. The van der Waals surface area contributed by atoms with Gasteiger partial charge in [-0.1, -0.05) is 0 Å². The minimum atomic E-state index is -0.291. The summed E-state index contributed by atoms with van der Waals surface area (Å²) < 4.78 is 21.3. The van der Waals surface area contributed by atoms with E-state index in [0.29, 0.717) is 26.4 Å². The summed E-state index contributed by atoms with van der Waals surface area (Å²) in [5.41, 5.74) is 0. The molecule has 3 atom stereocenters. The predicted molar refractivity (Wildman–Crippen MR) is 68.5 cm³/mol. The number of carbonyl (C=O) groups is 1. The fraction of sp³-hybridized carbons (Fsp3) is 0.923. The van der Waals surface area contributed by atoms with Gasteiger partial charge in [-0.05, 0) is 27.7 Å². The fourth-order valence-electron chi connectivity index (χ4n) is 1.30. The Balaban J connectivity index is 3.58. The van der Waals surface area contributed by atoms with Gasteiger partial charge in [-0.2, -0.15) is 0 Å². The minimum absolute atomic E-state index is 0.0351. The highest BCUT2D eigenvalue weighted by atomic mass is 16.6. The maximum atomic E-state index is 10.7. The van der Waals surface area contributed by atoms with Crippen molar-refractivity contribution in [3.8, 4) is 0 Å². The SMILES string of the molecule is CCOCC(C)OCC(C)OCC(C)OC(C)=O. The first-order chi connectivity index (χ1) is 8.45. The Labute approximate surface area is 110 Å². The standard InChI is InChI=1S/C13H26O5/c1-6-15-7-10(2)16-8-11(3)17-9-12(4)18-13(5)14/h10-12H,6-9H2,1-5H3. The molecule has 0 bridgehead atoms. The van der Waals surface area contributed by atoms with Crippen molar-refractivity contribution in [3.05, 3.63) is 0 Å². The molecule has 3 unspecified atom stereocenters. The van der Waals surface area contributed by atoms with Gasteiger partial charge in [-0.25, -0.2) is 0 Å². The van der Waals surface area contributed by atoms with Crippen LogP contribution in [0, 0.1) is 0 Å². The summed E-state index contributed by atoms with van der Waals surface area (Å²) in [4.78, 5) is 10.7. The van der Waals surface area contributed by atoms with Crippen LogP contribution in [-0.4, -0.2) is 50.7 Å². The molecule has 0 aromatic carbocycles. The molecule has 0 radical (unpaired) electrons. The van der Waals surface area contributed by atoms with Gasteiger partial charge in [-0.3, -0.25) is 4.79 Å². The molecule has 0 amide bonds. The van der Waals surface area contributed by atoms with Crippen LogP contribution in [0.25, 0.3) is 0 Å². The largest absolute Gasteiger partial charge is 0.460 e. The van der Waals surface area contributed by atoms with E-state index < -0.39 is 0 Å². The normalized spacial score (nSPS) is 16.1. The quantitative estimate of drug-likeness (QED) is 0.562. The Hall–Kier alpha value is -0.650. The lowest BCUT2D eigenvalue weighted by atomic mass is 10.4. The summed E-state index contributed by atoms with van der Waals surface area (Å²) in [5.74, 6) is -0.291. The van der Waals surface area contributed by atoms with E-state index in [-0.39, 0.29) is 24.3 Å². The van der Waals surface area contributed by atoms with Gasteiger partial charge >= 0.3 is 5.97 Å². The summed E-state index contributed by atoms with van der Waals surface area (Å²) in [6, 6.07) is 0. The lowest BCUT2D eigenvalue weighted by molar-refractivity contribution is -0.150. The first kappa shape index (κ1) is 17.4. The van der Waals surface area contributed by atoms with Crippen LogP contribution in [0.4, 0.5) is 0 Å². The third-order valence-corrected chi connectivity index (χ3v) is 2.15. The molecule has 0 saturated heterocycles. The van der Waals surface area contributed by atoms with Crippen molar-refractivity contribution in [2.24, 2.45) is 0 Å². The van der Waals surface area contributed by atoms with Crippen molar-refractivity contribution in [2.75, 3.05) is 26.4 Å². The van der Waals surface area contributed by atoms with Crippen molar-refractivity contribution in [2.45, 2.75) is 52.9 Å². The van der Waals surface area contributed by atoms with Crippen LogP contribution in [0.1, 0.15) is 34.6 Å². The van der Waals surface area contributed by atoms with E-state index >= 15 is 0 Å². The summed E-state index contributed by atoms with van der Waals surface area (Å²) in [5, 5.41) is 0. The van der Waals surface area contributed by atoms with E-state index in [1.807, 2.05) is 20.8 Å². The second-order valence-corrected chi connectivity index (χ2v) is 4.37. The van der Waals surface area contributed by atoms with Crippen LogP contribution in [0.5, 0.6) is 0 Å². The average molecular weight is 262 g/mol. The Morgan fingerprint density at radius 3 is 1.94 bits per heavy atom. The van der Waals surface area contributed by atoms with Gasteiger partial charge in [0.2, 0.25) is 0 Å². The van der Waals surface area contributed by atoms with E-state index in [0.717, 1.165) is 0 Å². The maximum Gasteiger partial charge on any atom is 0.302 e. The van der Waals surface area contributed by atoms with Crippen molar-refractivity contribution in [1.29, 1.82) is 0 Å². The van der Waals surface area contributed by atoms with Gasteiger partial charge < -0.3 is 18.9 Å². The highest BCUT2D eigenvalue weighted by molar-refractivity contribution is 5.66. The molecular weight excluding hydrogens is 236 g/mol. The molecule has 0 aliphatic carbocycles. The van der Waals surface area contributed by atoms with E-state index in [2.05, 4.69) is 0 Å². The van der Waals surface area contributed by atoms with Gasteiger partial charge in [0, 0.05) is 13.5 Å². The van der Waals surface area contributed by atoms with Crippen molar-refractivity contribution >= 4 is 5.97 Å². The number of hydrogen-bond donors (Lipinski definition) is 0. The maximum absolute atomic E-state index is 10.7. The summed E-state index contributed by atoms with van der Waals surface area (Å²) in [6.45, 7) is 11.2. The molecule has 5 nitrogen and oxygen atoms in total. The molecule has 0 saturated carbocycles. The van der Waals surface area contributed by atoms with Gasteiger partial charge in [0.05, 0.1) is 32.0 Å². The lowest BCUT2D eigenvalue weighted by Gasteiger charge is -2.19. The van der Waals surface area contributed by atoms with Crippen molar-refractivity contribution in [1.82, 2.24) is 0 Å². The number of hydrogen-bond acceptors (Lipinski definition) is 5. The second kappa shape index (κ2) is 10.3. The molecule has 0 fully saturated rings. The molecule has 0 aliphatic heterocycles. The zero-order chi connectivity index (χ0) is 14.0. The minimum Gasteiger partial charge on any atom is -0.460 e. The average Bonchev–Trinajstić information content (AvgIpc) is 2.30. The Morgan fingerprint density at radius 2 is 1.44 bits per heavy atom. The number of carbonyl (C=O) groups excluding carboxylic acids is 1. The topological polar surface area (TPSA) is 54.0 Å². The van der Waals surface area contributed by atoms with Gasteiger partial charge in [0.1, 0.15) is 6.10 Å². The number of esters is 1. The molecule has 0 aromatic heterocycles. The van der Waals surface area contributed by atoms with E-state index in [9.17, 15) is 4.79 Å². The molecule has 18 heavy (non-hydrogen) atoms. The molecule has 0 spiro atoms. The zero-order valence-corrected chi connectivity index (χ0v) is 12.1. The summed E-state index contributed by atoms with van der Waals surface area (Å²) in [6.07, 6.45) is -0.209. The first-order valence-corrected chi connectivity index (χ1v) is 6.43. The van der Waals surface area contributed by atoms with E-state index in [4.69, 9.17) is 18.9 Å². The molecule has 108 valence electrons. The van der Waals surface area contributed by atoms with E-state index in [1.165, 1.54) is 6.92 Å². The summed E-state index contributed by atoms with van der Waals surface area (Å²) in [7, 11) is 0. The van der Waals surface area contributed by atoms with Crippen LogP contribution in [0.2, 0.25) is 0 Å². The smallest absolute Gasteiger partial charge is 0.302 e. The second-order valence-electron chi connectivity index (χ2n) is 4.37. The van der Waals surface area contributed by atoms with Gasteiger partial charge in [-0.15, -0.1) is 0 Å². The molecule has 5 heteroatoms. The van der Waals surface area contributed by atoms with Crippen LogP contribution < -0.4 is 0 Å². The molecule has 0 heterocycles. The van der Waals surface area contributed by atoms with Crippen molar-refractivity contribution in [3.63, 3.8) is 0 Å². The Morgan fingerprint density at radius 1 is 0.944 bits per heavy atom. The van der Waals surface area contributed by atoms with Crippen LogP contribution in [0.15, 0.2) is 0 Å². The molecule has 0 aromatic rings. The van der Waals surface area contributed by atoms with Gasteiger partial charge in [0.15, 0.2) is 0 Å². The Bertz CT molecular complexity index is 219. The van der Waals surface area contributed by atoms with Crippen LogP contribution in [-0.2, 0) is 23.7 Å². The van der Waals surface area contributed by atoms with E-state index in [1.54, 1.807) is 6.92 Å². The highest BCUT2D eigenvalue weighted by Crippen LogP contribution is 2.00.